The molecule has 4 fully saturated rings. The van der Waals surface area contributed by atoms with Crippen LogP contribution in [-0.2, 0) is 4.79 Å². The van der Waals surface area contributed by atoms with Crippen LogP contribution in [0.1, 0.15) is 98.8 Å². The average Bonchev–Trinajstić information content (AvgIpc) is 3.25. The largest absolute Gasteiger partial charge is 0.497 e. The summed E-state index contributed by atoms with van der Waals surface area (Å²) < 4.78 is 5.07. The summed E-state index contributed by atoms with van der Waals surface area (Å²) in [5.41, 5.74) is 7.55. The molecule has 210 valence electrons. The van der Waals surface area contributed by atoms with Gasteiger partial charge in [-0.15, -0.1) is 0 Å². The first-order chi connectivity index (χ1) is 17.7. The Bertz CT molecular complexity index is 860. The van der Waals surface area contributed by atoms with Crippen molar-refractivity contribution >= 4 is 17.7 Å². The van der Waals surface area contributed by atoms with Crippen molar-refractivity contribution in [1.82, 2.24) is 0 Å². The number of nitrogens with two attached hydrogens (primary N) is 2. The maximum atomic E-state index is 11.5. The molecule has 8 atom stereocenters. The standard InChI is InChI=1S/C20H32O.C9H15N3O.C3H8/c1-13-3-6-16-14(11-13)4-7-18-17(16)9-10-20(2)15(12-21)5-8-19(18)20;1-3-12(11)9-6-7(13-2)4-5-8(9)10;1-3-2/h12-19H,3-11H2,1-2H3;4-6H,3,10-11H2,1-2H3;3H2,1-2H3. The Morgan fingerprint density at radius 3 is 2.38 bits per heavy atom. The van der Waals surface area contributed by atoms with E-state index in [1.54, 1.807) is 18.2 Å². The molecule has 4 saturated carbocycles. The van der Waals surface area contributed by atoms with Gasteiger partial charge in [0.15, 0.2) is 0 Å². The molecule has 0 aliphatic heterocycles. The van der Waals surface area contributed by atoms with Gasteiger partial charge in [0, 0.05) is 18.5 Å². The van der Waals surface area contributed by atoms with Crippen LogP contribution in [0.4, 0.5) is 11.4 Å². The molecule has 0 bridgehead atoms. The molecule has 4 aliphatic carbocycles. The summed E-state index contributed by atoms with van der Waals surface area (Å²) in [7, 11) is 1.61. The smallest absolute Gasteiger partial charge is 0.123 e. The molecule has 5 heteroatoms. The van der Waals surface area contributed by atoms with E-state index in [4.69, 9.17) is 16.3 Å². The Labute approximate surface area is 227 Å². The van der Waals surface area contributed by atoms with Gasteiger partial charge in [-0.1, -0.05) is 40.5 Å². The molecule has 0 radical (unpaired) electrons. The first-order valence-electron chi connectivity index (χ1n) is 15.1. The van der Waals surface area contributed by atoms with Crippen LogP contribution in [0.5, 0.6) is 5.75 Å². The predicted molar refractivity (Wildman–Crippen MR) is 156 cm³/mol. The molecule has 4 N–H and O–H groups in total. The van der Waals surface area contributed by atoms with Gasteiger partial charge < -0.3 is 20.3 Å². The highest BCUT2D eigenvalue weighted by Crippen LogP contribution is 2.64. The lowest BCUT2D eigenvalue weighted by atomic mass is 9.49. The van der Waals surface area contributed by atoms with E-state index in [0.717, 1.165) is 46.9 Å². The molecule has 0 aromatic heterocycles. The summed E-state index contributed by atoms with van der Waals surface area (Å²) in [6.45, 7) is 11.8. The van der Waals surface area contributed by atoms with Crippen LogP contribution in [0.15, 0.2) is 18.2 Å². The minimum atomic E-state index is 0.359. The Morgan fingerprint density at radius 1 is 1.03 bits per heavy atom. The number of aldehydes is 1. The van der Waals surface area contributed by atoms with Crippen molar-refractivity contribution in [2.24, 2.45) is 52.7 Å². The average molecular weight is 514 g/mol. The lowest BCUT2D eigenvalue weighted by Gasteiger charge is -2.56. The van der Waals surface area contributed by atoms with E-state index >= 15 is 0 Å². The van der Waals surface area contributed by atoms with Crippen LogP contribution in [0, 0.1) is 46.8 Å². The third kappa shape index (κ3) is 6.46. The Morgan fingerprint density at radius 2 is 1.73 bits per heavy atom. The summed E-state index contributed by atoms with van der Waals surface area (Å²) in [5.74, 6) is 12.7. The number of nitrogen functional groups attached to an aromatic ring is 1. The number of hydrazine groups is 1. The van der Waals surface area contributed by atoms with Gasteiger partial charge in [0.2, 0.25) is 0 Å². The third-order valence-corrected chi connectivity index (χ3v) is 10.3. The number of hydrogen-bond donors (Lipinski definition) is 2. The summed E-state index contributed by atoms with van der Waals surface area (Å²) >= 11 is 0. The summed E-state index contributed by atoms with van der Waals surface area (Å²) in [6.07, 6.45) is 15.3. The molecule has 1 aromatic carbocycles. The zero-order valence-corrected chi connectivity index (χ0v) is 24.5. The quantitative estimate of drug-likeness (QED) is 0.189. The molecule has 1 aromatic rings. The second kappa shape index (κ2) is 13.4. The maximum Gasteiger partial charge on any atom is 0.123 e. The van der Waals surface area contributed by atoms with E-state index in [9.17, 15) is 4.79 Å². The van der Waals surface area contributed by atoms with Crippen molar-refractivity contribution in [2.45, 2.75) is 98.8 Å². The monoisotopic (exact) mass is 513 g/mol. The van der Waals surface area contributed by atoms with Crippen LogP contribution in [-0.4, -0.2) is 19.9 Å². The number of methoxy groups -OCH3 is 1. The van der Waals surface area contributed by atoms with E-state index < -0.39 is 0 Å². The van der Waals surface area contributed by atoms with E-state index in [0.29, 0.717) is 23.6 Å². The zero-order chi connectivity index (χ0) is 27.2. The summed E-state index contributed by atoms with van der Waals surface area (Å²) in [6, 6.07) is 5.41. The highest BCUT2D eigenvalue weighted by Gasteiger charge is 2.56. The van der Waals surface area contributed by atoms with Crippen LogP contribution in [0.2, 0.25) is 0 Å². The van der Waals surface area contributed by atoms with E-state index in [-0.39, 0.29) is 0 Å². The van der Waals surface area contributed by atoms with Gasteiger partial charge in [-0.05, 0) is 111 Å². The number of ether oxygens (including phenoxy) is 1. The highest BCUT2D eigenvalue weighted by molar-refractivity contribution is 5.68. The molecule has 4 aliphatic rings. The van der Waals surface area contributed by atoms with E-state index in [1.807, 2.05) is 19.1 Å². The fourth-order valence-corrected chi connectivity index (χ4v) is 8.42. The van der Waals surface area contributed by atoms with Gasteiger partial charge >= 0.3 is 0 Å². The number of fused-ring (bicyclic) bond motifs is 5. The molecule has 0 heterocycles. The molecular weight excluding hydrogens is 458 g/mol. The van der Waals surface area contributed by atoms with Crippen LogP contribution >= 0.6 is 0 Å². The SMILES string of the molecule is CC1CCC2C(CCC3C2CCC2(C)C(C=O)CCC32)C1.CCC.CCN(N)c1cc(OC)ccc1N. The van der Waals surface area contributed by atoms with E-state index in [2.05, 4.69) is 27.7 Å². The Hall–Kier alpha value is -1.75. The molecule has 0 amide bonds. The van der Waals surface area contributed by atoms with Crippen molar-refractivity contribution in [2.75, 3.05) is 24.4 Å². The number of rotatable bonds is 4. The Balaban J connectivity index is 0.000000205. The van der Waals surface area contributed by atoms with Gasteiger partial charge in [-0.3, -0.25) is 0 Å². The number of benzene rings is 1. The fraction of sp³-hybridized carbons (Fsp3) is 0.781. The third-order valence-electron chi connectivity index (χ3n) is 10.3. The van der Waals surface area contributed by atoms with Gasteiger partial charge in [0.05, 0.1) is 18.5 Å². The summed E-state index contributed by atoms with van der Waals surface area (Å²) in [4.78, 5) is 11.5. The first-order valence-corrected chi connectivity index (χ1v) is 15.1. The molecule has 5 nitrogen and oxygen atoms in total. The van der Waals surface area contributed by atoms with Crippen LogP contribution < -0.4 is 21.3 Å². The highest BCUT2D eigenvalue weighted by atomic mass is 16.5. The normalized spacial score (nSPS) is 35.8. The molecule has 0 spiro atoms. The van der Waals surface area contributed by atoms with Crippen molar-refractivity contribution in [3.8, 4) is 5.75 Å². The number of carbonyl (C=O) groups is 1. The first kappa shape index (κ1) is 29.8. The molecular formula is C32H55N3O2. The van der Waals surface area contributed by atoms with Gasteiger partial charge in [0.25, 0.3) is 0 Å². The van der Waals surface area contributed by atoms with Gasteiger partial charge in [-0.2, -0.15) is 0 Å². The number of carbonyl (C=O) groups excluding carboxylic acids is 1. The second-order valence-corrected chi connectivity index (χ2v) is 12.6. The molecule has 5 rings (SSSR count). The molecule has 8 unspecified atom stereocenters. The minimum absolute atomic E-state index is 0.359. The molecule has 37 heavy (non-hydrogen) atoms. The second-order valence-electron chi connectivity index (χ2n) is 12.6. The zero-order valence-electron chi connectivity index (χ0n) is 24.5. The van der Waals surface area contributed by atoms with Crippen LogP contribution in [0.3, 0.4) is 0 Å². The lowest BCUT2D eigenvalue weighted by molar-refractivity contribution is -0.118. The predicted octanol–water partition coefficient (Wildman–Crippen LogP) is 7.48. The Kier molecular flexibility index (Phi) is 10.8. The van der Waals surface area contributed by atoms with Crippen molar-refractivity contribution in [3.05, 3.63) is 18.2 Å². The minimum Gasteiger partial charge on any atom is -0.497 e. The number of hydrogen-bond acceptors (Lipinski definition) is 5. The van der Waals surface area contributed by atoms with Crippen molar-refractivity contribution < 1.29 is 9.53 Å². The summed E-state index contributed by atoms with van der Waals surface area (Å²) in [5, 5.41) is 1.58. The van der Waals surface area contributed by atoms with Crippen molar-refractivity contribution in [3.63, 3.8) is 0 Å². The lowest BCUT2D eigenvalue weighted by Crippen LogP contribution is -2.48. The maximum absolute atomic E-state index is 11.5. The van der Waals surface area contributed by atoms with Gasteiger partial charge in [0.1, 0.15) is 12.0 Å². The number of anilines is 2. The fourth-order valence-electron chi connectivity index (χ4n) is 8.42. The van der Waals surface area contributed by atoms with E-state index in [1.165, 1.54) is 70.5 Å². The topological polar surface area (TPSA) is 81.6 Å². The van der Waals surface area contributed by atoms with Gasteiger partial charge in [-0.25, -0.2) is 5.84 Å². The van der Waals surface area contributed by atoms with Crippen LogP contribution in [0.25, 0.3) is 0 Å². The van der Waals surface area contributed by atoms with Crippen molar-refractivity contribution in [1.29, 1.82) is 0 Å². The molecule has 0 saturated heterocycles. The number of nitrogens with zero attached hydrogens (tertiary/aromatic N) is 1.